The van der Waals surface area contributed by atoms with Crippen molar-refractivity contribution in [3.05, 3.63) is 103 Å². The van der Waals surface area contributed by atoms with Gasteiger partial charge < -0.3 is 10.1 Å². The number of amides is 2. The molecule has 0 unspecified atom stereocenters. The molecule has 1 N–H and O–H groups in total. The molecule has 35 heavy (non-hydrogen) atoms. The molecule has 6 heteroatoms. The van der Waals surface area contributed by atoms with E-state index in [2.05, 4.69) is 24.0 Å². The highest BCUT2D eigenvalue weighted by Crippen LogP contribution is 2.31. The number of hydrogen-bond acceptors (Lipinski definition) is 4. The average molecular weight is 489 g/mol. The van der Waals surface area contributed by atoms with E-state index >= 15 is 0 Å². The number of urea groups is 1. The van der Waals surface area contributed by atoms with Crippen molar-refractivity contribution in [1.82, 2.24) is 5.32 Å². The van der Waals surface area contributed by atoms with Gasteiger partial charge in [-0.05, 0) is 61.2 Å². The normalized spacial score (nSPS) is 10.4. The van der Waals surface area contributed by atoms with Crippen LogP contribution in [0.2, 0.25) is 0 Å². The van der Waals surface area contributed by atoms with Crippen LogP contribution < -0.4 is 10.2 Å². The Morgan fingerprint density at radius 2 is 1.74 bits per heavy atom. The maximum absolute atomic E-state index is 12.9. The van der Waals surface area contributed by atoms with E-state index < -0.39 is 0 Å². The van der Waals surface area contributed by atoms with Crippen LogP contribution in [-0.4, -0.2) is 31.7 Å². The van der Waals surface area contributed by atoms with E-state index in [0.29, 0.717) is 19.7 Å². The van der Waals surface area contributed by atoms with Gasteiger partial charge in [-0.3, -0.25) is 9.69 Å². The highest BCUT2D eigenvalue weighted by Gasteiger charge is 2.15. The summed E-state index contributed by atoms with van der Waals surface area (Å²) in [5.74, 6) is -0.220. The molecule has 5 nitrogen and oxygen atoms in total. The highest BCUT2D eigenvalue weighted by molar-refractivity contribution is 7.99. The number of hydrogen-bond donors (Lipinski definition) is 1. The average Bonchev–Trinajstić information content (AvgIpc) is 2.87. The topological polar surface area (TPSA) is 58.6 Å². The zero-order valence-electron chi connectivity index (χ0n) is 20.1. The number of benzene rings is 3. The summed E-state index contributed by atoms with van der Waals surface area (Å²) >= 11 is 1.62. The van der Waals surface area contributed by atoms with E-state index in [1.54, 1.807) is 29.7 Å². The fourth-order valence-electron chi connectivity index (χ4n) is 3.59. The van der Waals surface area contributed by atoms with E-state index in [4.69, 9.17) is 4.74 Å². The van der Waals surface area contributed by atoms with Gasteiger partial charge in [0.25, 0.3) is 0 Å². The van der Waals surface area contributed by atoms with Crippen LogP contribution >= 0.6 is 11.8 Å². The van der Waals surface area contributed by atoms with Gasteiger partial charge in [0.2, 0.25) is 0 Å². The molecule has 0 spiro atoms. The summed E-state index contributed by atoms with van der Waals surface area (Å²) in [5, 5.41) is 2.90. The van der Waals surface area contributed by atoms with Gasteiger partial charge in [-0.1, -0.05) is 66.4 Å². The molecule has 182 valence electrons. The van der Waals surface area contributed by atoms with Crippen molar-refractivity contribution in [3.8, 4) is 0 Å². The van der Waals surface area contributed by atoms with Gasteiger partial charge in [-0.25, -0.2) is 4.79 Å². The summed E-state index contributed by atoms with van der Waals surface area (Å²) in [7, 11) is 0. The summed E-state index contributed by atoms with van der Waals surface area (Å²) in [6.45, 7) is 6.91. The second-order valence-electron chi connectivity index (χ2n) is 7.94. The number of carbonyl (C=O) groups is 2. The summed E-state index contributed by atoms with van der Waals surface area (Å²) in [4.78, 5) is 28.5. The SMILES string of the molecule is C=CCNC(=O)N(CCCc1ccccc1)c1cccc(Sc2ccc(CC(=O)OCC)cc2)c1. The largest absolute Gasteiger partial charge is 0.466 e. The Labute approximate surface area is 212 Å². The molecule has 0 saturated heterocycles. The van der Waals surface area contributed by atoms with E-state index in [9.17, 15) is 9.59 Å². The van der Waals surface area contributed by atoms with Crippen molar-refractivity contribution in [2.45, 2.75) is 36.0 Å². The van der Waals surface area contributed by atoms with Gasteiger partial charge in [0, 0.05) is 28.6 Å². The van der Waals surface area contributed by atoms with Gasteiger partial charge in [-0.15, -0.1) is 6.58 Å². The lowest BCUT2D eigenvalue weighted by Gasteiger charge is -2.23. The van der Waals surface area contributed by atoms with Gasteiger partial charge in [0.1, 0.15) is 0 Å². The smallest absolute Gasteiger partial charge is 0.322 e. The van der Waals surface area contributed by atoms with E-state index in [1.807, 2.05) is 66.7 Å². The minimum Gasteiger partial charge on any atom is -0.466 e. The molecule has 3 aromatic rings. The first kappa shape index (κ1) is 26.1. The summed E-state index contributed by atoms with van der Waals surface area (Å²) in [5.41, 5.74) is 3.03. The molecule has 0 aliphatic rings. The molecule has 0 heterocycles. The first-order valence-electron chi connectivity index (χ1n) is 11.8. The van der Waals surface area contributed by atoms with E-state index in [0.717, 1.165) is 33.9 Å². The third-order valence-corrected chi connectivity index (χ3v) is 6.27. The number of aryl methyl sites for hydroxylation is 1. The van der Waals surface area contributed by atoms with Gasteiger partial charge in [0.15, 0.2) is 0 Å². The number of esters is 1. The van der Waals surface area contributed by atoms with Crippen LogP contribution in [0.3, 0.4) is 0 Å². The Morgan fingerprint density at radius 3 is 2.46 bits per heavy atom. The molecule has 3 rings (SSSR count). The second kappa shape index (κ2) is 14.0. The number of rotatable bonds is 12. The van der Waals surface area contributed by atoms with Crippen molar-refractivity contribution in [2.24, 2.45) is 0 Å². The molecule has 0 bridgehead atoms. The Morgan fingerprint density at radius 1 is 0.971 bits per heavy atom. The van der Waals surface area contributed by atoms with E-state index in [1.165, 1.54) is 5.56 Å². The third-order valence-electron chi connectivity index (χ3n) is 5.27. The Kier molecular flexibility index (Phi) is 10.5. The van der Waals surface area contributed by atoms with Crippen LogP contribution in [-0.2, 0) is 22.4 Å². The van der Waals surface area contributed by atoms with Crippen LogP contribution in [0.15, 0.2) is 101 Å². The lowest BCUT2D eigenvalue weighted by Crippen LogP contribution is -2.40. The molecule has 0 atom stereocenters. The number of ether oxygens (including phenoxy) is 1. The quantitative estimate of drug-likeness (QED) is 0.241. The first-order chi connectivity index (χ1) is 17.1. The van der Waals surface area contributed by atoms with Crippen LogP contribution in [0.25, 0.3) is 0 Å². The van der Waals surface area contributed by atoms with Crippen LogP contribution in [0.5, 0.6) is 0 Å². The minimum absolute atomic E-state index is 0.136. The molecule has 0 aromatic heterocycles. The predicted molar refractivity (Wildman–Crippen MR) is 143 cm³/mol. The van der Waals surface area contributed by atoms with Crippen molar-refractivity contribution < 1.29 is 14.3 Å². The van der Waals surface area contributed by atoms with Crippen molar-refractivity contribution in [2.75, 3.05) is 24.6 Å². The molecular formula is C29H32N2O3S. The lowest BCUT2D eigenvalue weighted by atomic mass is 10.1. The van der Waals surface area contributed by atoms with Crippen LogP contribution in [0.1, 0.15) is 24.5 Å². The zero-order chi connectivity index (χ0) is 24.9. The molecule has 0 aliphatic heterocycles. The molecule has 0 saturated carbocycles. The molecule has 0 radical (unpaired) electrons. The van der Waals surface area contributed by atoms with Gasteiger partial charge in [0.05, 0.1) is 13.0 Å². The molecule has 0 aliphatic carbocycles. The Balaban J connectivity index is 1.68. The van der Waals surface area contributed by atoms with Crippen LogP contribution in [0.4, 0.5) is 10.5 Å². The second-order valence-corrected chi connectivity index (χ2v) is 9.09. The van der Waals surface area contributed by atoms with Gasteiger partial charge >= 0.3 is 12.0 Å². The summed E-state index contributed by atoms with van der Waals surface area (Å²) < 4.78 is 5.02. The molecule has 3 aromatic carbocycles. The fourth-order valence-corrected chi connectivity index (χ4v) is 4.46. The number of carbonyl (C=O) groups excluding carboxylic acids is 2. The predicted octanol–water partition coefficient (Wildman–Crippen LogP) is 6.28. The Bertz CT molecular complexity index is 1100. The van der Waals surface area contributed by atoms with Crippen molar-refractivity contribution in [3.63, 3.8) is 0 Å². The monoisotopic (exact) mass is 488 g/mol. The highest BCUT2D eigenvalue weighted by atomic mass is 32.2. The first-order valence-corrected chi connectivity index (χ1v) is 12.6. The third kappa shape index (κ3) is 8.65. The minimum atomic E-state index is -0.220. The zero-order valence-corrected chi connectivity index (χ0v) is 20.9. The number of nitrogens with one attached hydrogen (secondary N) is 1. The standard InChI is InChI=1S/C29H32N2O3S/c1-3-19-30-29(33)31(20-9-12-23-10-6-5-7-11-23)25-13-8-14-27(22-25)35-26-17-15-24(16-18-26)21-28(32)34-4-2/h3,5-8,10-11,13-18,22H,1,4,9,12,19-21H2,2H3,(H,30,33). The Hall–Kier alpha value is -3.51. The van der Waals surface area contributed by atoms with E-state index in [-0.39, 0.29) is 18.4 Å². The van der Waals surface area contributed by atoms with Crippen molar-refractivity contribution in [1.29, 1.82) is 0 Å². The lowest BCUT2D eigenvalue weighted by molar-refractivity contribution is -0.142. The van der Waals surface area contributed by atoms with Crippen molar-refractivity contribution >= 4 is 29.4 Å². The molecular weight excluding hydrogens is 456 g/mol. The number of nitrogens with zero attached hydrogens (tertiary/aromatic N) is 1. The summed E-state index contributed by atoms with van der Waals surface area (Å²) in [6, 6.07) is 26.1. The summed E-state index contributed by atoms with van der Waals surface area (Å²) in [6.07, 6.45) is 3.70. The fraction of sp³-hybridized carbons (Fsp3) is 0.241. The van der Waals surface area contributed by atoms with Crippen LogP contribution in [0, 0.1) is 0 Å². The molecule has 2 amide bonds. The molecule has 0 fully saturated rings. The van der Waals surface area contributed by atoms with Gasteiger partial charge in [-0.2, -0.15) is 0 Å². The maximum Gasteiger partial charge on any atom is 0.322 e. The number of anilines is 1. The maximum atomic E-state index is 12.9.